The van der Waals surface area contributed by atoms with E-state index in [0.29, 0.717) is 0 Å². The quantitative estimate of drug-likeness (QED) is 0.551. The molecule has 2 aromatic rings. The third-order valence-electron chi connectivity index (χ3n) is 1.80. The zero-order chi connectivity index (χ0) is 7.84. The van der Waals surface area contributed by atoms with Crippen molar-refractivity contribution in [2.24, 2.45) is 0 Å². The lowest BCUT2D eigenvalue weighted by atomic mass is 10.2. The van der Waals surface area contributed by atoms with Crippen LogP contribution in [0.2, 0.25) is 0 Å². The van der Waals surface area contributed by atoms with Gasteiger partial charge in [-0.1, -0.05) is 18.2 Å². The molecule has 2 heteroatoms. The predicted octanol–water partition coefficient (Wildman–Crippen LogP) is 1.86. The van der Waals surface area contributed by atoms with E-state index in [0.717, 1.165) is 16.6 Å². The molecule has 0 saturated heterocycles. The van der Waals surface area contributed by atoms with Gasteiger partial charge < -0.3 is 0 Å². The van der Waals surface area contributed by atoms with Crippen molar-refractivity contribution in [3.05, 3.63) is 37.0 Å². The van der Waals surface area contributed by atoms with Gasteiger partial charge in [0.1, 0.15) is 7.05 Å². The van der Waals surface area contributed by atoms with Gasteiger partial charge in [0, 0.05) is 5.39 Å². The molecule has 2 nitrogen and oxygen atoms in total. The Hall–Kier alpha value is -1.31. The first-order chi connectivity index (χ1) is 5.29. The summed E-state index contributed by atoms with van der Waals surface area (Å²) in [6, 6.07) is 7.90. The Kier molecular flexibility index (Phi) is 1.22. The van der Waals surface area contributed by atoms with Gasteiger partial charge in [0.2, 0.25) is 0 Å². The molecule has 0 atom stereocenters. The van der Waals surface area contributed by atoms with Crippen LogP contribution < -0.4 is 0 Å². The molecular formula is C9H8N2. The highest BCUT2D eigenvalue weighted by Gasteiger charge is 2.01. The van der Waals surface area contributed by atoms with E-state index in [4.69, 9.17) is 7.05 Å². The molecule has 0 fully saturated rings. The molecule has 0 aliphatic rings. The van der Waals surface area contributed by atoms with Crippen LogP contribution in [0.1, 0.15) is 5.69 Å². The van der Waals surface area contributed by atoms with E-state index >= 15 is 0 Å². The average molecular weight is 144 g/mol. The molecule has 0 aliphatic carbocycles. The molecule has 1 aromatic heterocycles. The van der Waals surface area contributed by atoms with Crippen LogP contribution in [0.3, 0.4) is 0 Å². The van der Waals surface area contributed by atoms with Gasteiger partial charge >= 0.3 is 0 Å². The van der Waals surface area contributed by atoms with E-state index in [9.17, 15) is 0 Å². The van der Waals surface area contributed by atoms with Crippen molar-refractivity contribution >= 4 is 10.9 Å². The van der Waals surface area contributed by atoms with Gasteiger partial charge in [-0.25, -0.2) is 0 Å². The van der Waals surface area contributed by atoms with E-state index in [-0.39, 0.29) is 0 Å². The minimum atomic E-state index is 0.975. The number of nitrogens with zero attached hydrogens (tertiary/aromatic N) is 2. The minimum absolute atomic E-state index is 0.975. The van der Waals surface area contributed by atoms with Crippen LogP contribution in [0.25, 0.3) is 10.9 Å². The Morgan fingerprint density at radius 3 is 2.82 bits per heavy atom. The third-order valence-corrected chi connectivity index (χ3v) is 1.80. The van der Waals surface area contributed by atoms with Crippen molar-refractivity contribution in [1.82, 2.24) is 9.78 Å². The summed E-state index contributed by atoms with van der Waals surface area (Å²) in [7, 11) is 5.58. The van der Waals surface area contributed by atoms with Crippen LogP contribution in [0.5, 0.6) is 0 Å². The fourth-order valence-electron chi connectivity index (χ4n) is 1.25. The Morgan fingerprint density at radius 1 is 1.36 bits per heavy atom. The number of rotatable bonds is 0. The van der Waals surface area contributed by atoms with Crippen molar-refractivity contribution in [2.75, 3.05) is 0 Å². The molecule has 0 unspecified atom stereocenters. The van der Waals surface area contributed by atoms with E-state index < -0.39 is 0 Å². The molecule has 0 saturated carbocycles. The van der Waals surface area contributed by atoms with Gasteiger partial charge in [-0.05, 0) is 13.0 Å². The highest BCUT2D eigenvalue weighted by molar-refractivity contribution is 5.81. The topological polar surface area (TPSA) is 17.8 Å². The summed E-state index contributed by atoms with van der Waals surface area (Å²) >= 11 is 0. The number of benzene rings is 1. The number of aryl methyl sites for hydroxylation is 1. The standard InChI is InChI=1S/C9H8N2/c1-7-8-5-3-4-6-9(8)11(2)10-7/h2-6H,1H3. The van der Waals surface area contributed by atoms with Gasteiger partial charge in [-0.2, -0.15) is 5.10 Å². The third kappa shape index (κ3) is 0.827. The summed E-state index contributed by atoms with van der Waals surface area (Å²) in [4.78, 5) is 0. The first-order valence-electron chi connectivity index (χ1n) is 3.48. The van der Waals surface area contributed by atoms with Gasteiger partial charge in [-0.3, -0.25) is 4.68 Å². The lowest BCUT2D eigenvalue weighted by Crippen LogP contribution is -1.85. The fourth-order valence-corrected chi connectivity index (χ4v) is 1.25. The smallest absolute Gasteiger partial charge is 0.102 e. The summed E-state index contributed by atoms with van der Waals surface area (Å²) < 4.78 is 1.41. The molecule has 0 bridgehead atoms. The van der Waals surface area contributed by atoms with Crippen LogP contribution in [-0.4, -0.2) is 9.78 Å². The van der Waals surface area contributed by atoms with Crippen LogP contribution >= 0.6 is 0 Å². The zero-order valence-corrected chi connectivity index (χ0v) is 6.28. The molecular weight excluding hydrogens is 136 g/mol. The molecule has 2 radical (unpaired) electrons. The molecule has 1 heterocycles. The maximum atomic E-state index is 5.58. The first-order valence-corrected chi connectivity index (χ1v) is 3.48. The predicted molar refractivity (Wildman–Crippen MR) is 44.2 cm³/mol. The number of aromatic nitrogens is 2. The first kappa shape index (κ1) is 6.40. The number of hydrogen-bond acceptors (Lipinski definition) is 1. The minimum Gasteiger partial charge on any atom is -0.257 e. The van der Waals surface area contributed by atoms with Crippen LogP contribution in [0.4, 0.5) is 0 Å². The van der Waals surface area contributed by atoms with Gasteiger partial charge in [-0.15, -0.1) is 0 Å². The van der Waals surface area contributed by atoms with Gasteiger partial charge in [0.25, 0.3) is 0 Å². The summed E-state index contributed by atoms with van der Waals surface area (Å²) in [5.41, 5.74) is 1.95. The van der Waals surface area contributed by atoms with E-state index in [2.05, 4.69) is 5.10 Å². The molecule has 2 rings (SSSR count). The fraction of sp³-hybridized carbons (Fsp3) is 0.111. The van der Waals surface area contributed by atoms with Crippen molar-refractivity contribution < 1.29 is 0 Å². The molecule has 0 aliphatic heterocycles. The summed E-state index contributed by atoms with van der Waals surface area (Å²) in [5.74, 6) is 0. The Balaban J connectivity index is 2.95. The molecule has 54 valence electrons. The van der Waals surface area contributed by atoms with E-state index in [1.165, 1.54) is 4.68 Å². The normalized spacial score (nSPS) is 10.7. The van der Waals surface area contributed by atoms with Gasteiger partial charge in [0.05, 0.1) is 11.2 Å². The van der Waals surface area contributed by atoms with Crippen LogP contribution in [0, 0.1) is 14.0 Å². The molecule has 1 aromatic carbocycles. The molecule has 0 amide bonds. The zero-order valence-electron chi connectivity index (χ0n) is 6.28. The van der Waals surface area contributed by atoms with Crippen molar-refractivity contribution in [3.63, 3.8) is 0 Å². The van der Waals surface area contributed by atoms with Crippen molar-refractivity contribution in [3.8, 4) is 0 Å². The monoisotopic (exact) mass is 144 g/mol. The summed E-state index contributed by atoms with van der Waals surface area (Å²) in [6.07, 6.45) is 0. The Bertz CT molecular complexity index is 351. The molecule has 0 spiro atoms. The Labute approximate surface area is 65.5 Å². The van der Waals surface area contributed by atoms with E-state index in [1.807, 2.05) is 31.2 Å². The van der Waals surface area contributed by atoms with Crippen molar-refractivity contribution in [1.29, 1.82) is 0 Å². The van der Waals surface area contributed by atoms with Crippen LogP contribution in [-0.2, 0) is 0 Å². The highest BCUT2D eigenvalue weighted by Crippen LogP contribution is 2.15. The largest absolute Gasteiger partial charge is 0.257 e. The lowest BCUT2D eigenvalue weighted by molar-refractivity contribution is 0.886. The lowest BCUT2D eigenvalue weighted by Gasteiger charge is -1.89. The Morgan fingerprint density at radius 2 is 2.09 bits per heavy atom. The number of hydrogen-bond donors (Lipinski definition) is 0. The second kappa shape index (κ2) is 2.09. The molecule has 0 N–H and O–H groups in total. The van der Waals surface area contributed by atoms with E-state index in [1.54, 1.807) is 0 Å². The summed E-state index contributed by atoms with van der Waals surface area (Å²) in [6.45, 7) is 1.95. The second-order valence-electron chi connectivity index (χ2n) is 2.55. The molecule has 11 heavy (non-hydrogen) atoms. The van der Waals surface area contributed by atoms with Crippen LogP contribution in [0.15, 0.2) is 24.3 Å². The average Bonchev–Trinajstić information content (AvgIpc) is 2.30. The highest BCUT2D eigenvalue weighted by atomic mass is 15.3. The maximum Gasteiger partial charge on any atom is 0.102 e. The second-order valence-corrected chi connectivity index (χ2v) is 2.55. The number of fused-ring (bicyclic) bond motifs is 1. The van der Waals surface area contributed by atoms with Crippen molar-refractivity contribution in [2.45, 2.75) is 6.92 Å². The summed E-state index contributed by atoms with van der Waals surface area (Å²) in [5, 5.41) is 5.20. The van der Waals surface area contributed by atoms with Gasteiger partial charge in [0.15, 0.2) is 0 Å². The maximum absolute atomic E-state index is 5.58. The SMILES string of the molecule is [CH]n1nc(C)c2ccccc21. The number of para-hydroxylation sites is 1.